The second kappa shape index (κ2) is 11.5. The first-order chi connectivity index (χ1) is 12.0. The van der Waals surface area contributed by atoms with Crippen molar-refractivity contribution in [1.29, 1.82) is 0 Å². The summed E-state index contributed by atoms with van der Waals surface area (Å²) in [5.74, 6) is -1.18. The topological polar surface area (TPSA) is 114 Å². The van der Waals surface area contributed by atoms with E-state index in [4.69, 9.17) is 14.6 Å². The maximum Gasteiger partial charge on any atom is 0.408 e. The Hall–Kier alpha value is -3.03. The zero-order valence-corrected chi connectivity index (χ0v) is 13.8. The molecule has 0 aliphatic rings. The summed E-state index contributed by atoms with van der Waals surface area (Å²) >= 11 is 0. The van der Waals surface area contributed by atoms with Crippen molar-refractivity contribution < 1.29 is 29.0 Å². The lowest BCUT2D eigenvalue weighted by molar-refractivity contribution is -0.139. The van der Waals surface area contributed by atoms with Crippen molar-refractivity contribution in [2.24, 2.45) is 0 Å². The zero-order chi connectivity index (χ0) is 18.5. The van der Waals surface area contributed by atoms with E-state index in [-0.39, 0.29) is 26.2 Å². The van der Waals surface area contributed by atoms with E-state index in [1.54, 1.807) is 12.1 Å². The van der Waals surface area contributed by atoms with Crippen molar-refractivity contribution in [3.63, 3.8) is 0 Å². The van der Waals surface area contributed by atoms with Crippen LogP contribution in [-0.2, 0) is 20.9 Å². The van der Waals surface area contributed by atoms with Gasteiger partial charge in [-0.2, -0.15) is 0 Å². The van der Waals surface area contributed by atoms with Crippen LogP contribution >= 0.6 is 0 Å². The van der Waals surface area contributed by atoms with Crippen molar-refractivity contribution >= 4 is 18.2 Å². The number of carbonyl (C=O) groups excluding carboxylic acids is 2. The average Bonchev–Trinajstić information content (AvgIpc) is 2.61. The Morgan fingerprint density at radius 1 is 1.16 bits per heavy atom. The molecule has 0 unspecified atom stereocenters. The molecule has 0 bridgehead atoms. The first-order valence-electron chi connectivity index (χ1n) is 7.74. The highest BCUT2D eigenvalue weighted by atomic mass is 16.6. The lowest BCUT2D eigenvalue weighted by atomic mass is 10.1. The van der Waals surface area contributed by atoms with Crippen molar-refractivity contribution in [2.45, 2.75) is 25.5 Å². The van der Waals surface area contributed by atoms with Crippen molar-refractivity contribution in [2.75, 3.05) is 13.2 Å². The van der Waals surface area contributed by atoms with Crippen LogP contribution in [0.1, 0.15) is 18.4 Å². The fourth-order valence-electron chi connectivity index (χ4n) is 1.85. The third-order valence-electron chi connectivity index (χ3n) is 3.07. The van der Waals surface area contributed by atoms with Crippen molar-refractivity contribution in [3.8, 4) is 0 Å². The van der Waals surface area contributed by atoms with Gasteiger partial charge in [-0.05, 0) is 18.4 Å². The number of carboxylic acids is 1. The summed E-state index contributed by atoms with van der Waals surface area (Å²) < 4.78 is 9.70. The minimum absolute atomic E-state index is 0.0513. The Labute approximate surface area is 145 Å². The van der Waals surface area contributed by atoms with Crippen LogP contribution in [0.2, 0.25) is 0 Å². The lowest BCUT2D eigenvalue weighted by Crippen LogP contribution is -2.41. The maximum atomic E-state index is 11.7. The van der Waals surface area contributed by atoms with Gasteiger partial charge in [-0.1, -0.05) is 43.0 Å². The number of carboxylic acid groups (broad SMARTS) is 1. The van der Waals surface area contributed by atoms with Gasteiger partial charge >= 0.3 is 18.2 Å². The minimum Gasteiger partial charge on any atom is -0.480 e. The smallest absolute Gasteiger partial charge is 0.408 e. The van der Waals surface area contributed by atoms with Gasteiger partial charge in [-0.3, -0.25) is 0 Å². The summed E-state index contributed by atoms with van der Waals surface area (Å²) in [5.41, 5.74) is 0.798. The summed E-state index contributed by atoms with van der Waals surface area (Å²) in [6.45, 7) is 3.78. The number of carbonyl (C=O) groups is 3. The number of aliphatic carboxylic acids is 1. The summed E-state index contributed by atoms with van der Waals surface area (Å²) in [6.07, 6.45) is 0.498. The van der Waals surface area contributed by atoms with Crippen molar-refractivity contribution in [1.82, 2.24) is 10.6 Å². The van der Waals surface area contributed by atoms with Crippen LogP contribution in [0.5, 0.6) is 0 Å². The standard InChI is InChI=1S/C17H22N2O6/c1-2-11-24-16(22)18-10-6-9-14(15(20)21)19-17(23)25-12-13-7-4-3-5-8-13/h2-5,7-8,14H,1,6,9-12H2,(H,18,22)(H,19,23)(H,20,21)/t14-/m0/s1. The summed E-state index contributed by atoms with van der Waals surface area (Å²) in [4.78, 5) is 34.1. The number of hydrogen-bond acceptors (Lipinski definition) is 5. The van der Waals surface area contributed by atoms with Gasteiger partial charge in [0.1, 0.15) is 19.3 Å². The molecule has 136 valence electrons. The molecule has 2 amide bonds. The third-order valence-corrected chi connectivity index (χ3v) is 3.07. The van der Waals surface area contributed by atoms with E-state index >= 15 is 0 Å². The summed E-state index contributed by atoms with van der Waals surface area (Å²) in [7, 11) is 0. The van der Waals surface area contributed by atoms with Crippen LogP contribution in [0, 0.1) is 0 Å². The van der Waals surface area contributed by atoms with E-state index in [0.717, 1.165) is 5.56 Å². The molecule has 0 saturated carbocycles. The molecule has 8 nitrogen and oxygen atoms in total. The van der Waals surface area contributed by atoms with Crippen LogP contribution in [0.4, 0.5) is 9.59 Å². The first-order valence-corrected chi connectivity index (χ1v) is 7.74. The number of benzene rings is 1. The average molecular weight is 350 g/mol. The monoisotopic (exact) mass is 350 g/mol. The molecule has 0 heterocycles. The van der Waals surface area contributed by atoms with Crippen LogP contribution in [0.25, 0.3) is 0 Å². The number of nitrogens with one attached hydrogen (secondary N) is 2. The molecule has 25 heavy (non-hydrogen) atoms. The minimum atomic E-state index is -1.18. The number of rotatable bonds is 10. The molecule has 0 aromatic heterocycles. The van der Waals surface area contributed by atoms with Gasteiger partial charge in [0.25, 0.3) is 0 Å². The molecule has 0 spiro atoms. The van der Waals surface area contributed by atoms with E-state index in [1.807, 2.05) is 18.2 Å². The molecule has 1 atom stereocenters. The Bertz CT molecular complexity index is 576. The molecular formula is C17H22N2O6. The molecule has 0 saturated heterocycles. The highest BCUT2D eigenvalue weighted by Crippen LogP contribution is 2.02. The van der Waals surface area contributed by atoms with E-state index in [2.05, 4.69) is 17.2 Å². The molecule has 0 aliphatic carbocycles. The number of amides is 2. The molecule has 3 N–H and O–H groups in total. The second-order valence-corrected chi connectivity index (χ2v) is 5.05. The number of ether oxygens (including phenoxy) is 2. The molecule has 1 rings (SSSR count). The van der Waals surface area contributed by atoms with Crippen LogP contribution < -0.4 is 10.6 Å². The molecule has 0 fully saturated rings. The van der Waals surface area contributed by atoms with Gasteiger partial charge in [0, 0.05) is 6.54 Å². The zero-order valence-electron chi connectivity index (χ0n) is 13.8. The van der Waals surface area contributed by atoms with Crippen LogP contribution in [0.3, 0.4) is 0 Å². The summed E-state index contributed by atoms with van der Waals surface area (Å²) in [5, 5.41) is 13.9. The predicted molar refractivity (Wildman–Crippen MR) is 90.0 cm³/mol. The fourth-order valence-corrected chi connectivity index (χ4v) is 1.85. The number of hydrogen-bond donors (Lipinski definition) is 3. The summed E-state index contributed by atoms with van der Waals surface area (Å²) in [6, 6.07) is 7.94. The SMILES string of the molecule is C=CCOC(=O)NCCC[C@H](NC(=O)OCc1ccccc1)C(=O)O. The Morgan fingerprint density at radius 2 is 1.88 bits per heavy atom. The largest absolute Gasteiger partial charge is 0.480 e. The Morgan fingerprint density at radius 3 is 2.52 bits per heavy atom. The molecule has 8 heteroatoms. The van der Waals surface area contributed by atoms with Gasteiger partial charge in [0.05, 0.1) is 0 Å². The quantitative estimate of drug-likeness (QED) is 0.440. The van der Waals surface area contributed by atoms with Gasteiger partial charge in [0.2, 0.25) is 0 Å². The highest BCUT2D eigenvalue weighted by molar-refractivity contribution is 5.79. The molecule has 1 aromatic rings. The Kier molecular flexibility index (Phi) is 9.20. The second-order valence-electron chi connectivity index (χ2n) is 5.05. The van der Waals surface area contributed by atoms with Crippen molar-refractivity contribution in [3.05, 3.63) is 48.6 Å². The molecule has 1 aromatic carbocycles. The normalized spacial score (nSPS) is 11.0. The maximum absolute atomic E-state index is 11.7. The molecule has 0 aliphatic heterocycles. The van der Waals surface area contributed by atoms with E-state index in [1.165, 1.54) is 6.08 Å². The third kappa shape index (κ3) is 8.99. The lowest BCUT2D eigenvalue weighted by Gasteiger charge is -2.14. The van der Waals surface area contributed by atoms with Crippen LogP contribution in [0.15, 0.2) is 43.0 Å². The predicted octanol–water partition coefficient (Wildman–Crippen LogP) is 2.06. The fraction of sp³-hybridized carbons (Fsp3) is 0.353. The molecule has 0 radical (unpaired) electrons. The van der Waals surface area contributed by atoms with Gasteiger partial charge in [0.15, 0.2) is 0 Å². The van der Waals surface area contributed by atoms with Crippen LogP contribution in [-0.4, -0.2) is 42.5 Å². The van der Waals surface area contributed by atoms with E-state index in [0.29, 0.717) is 6.42 Å². The van der Waals surface area contributed by atoms with Gasteiger partial charge < -0.3 is 25.2 Å². The molecular weight excluding hydrogens is 328 g/mol. The highest BCUT2D eigenvalue weighted by Gasteiger charge is 2.20. The first kappa shape index (κ1) is 20.0. The van der Waals surface area contributed by atoms with Gasteiger partial charge in [-0.15, -0.1) is 0 Å². The van der Waals surface area contributed by atoms with E-state index in [9.17, 15) is 14.4 Å². The van der Waals surface area contributed by atoms with E-state index < -0.39 is 24.2 Å². The Balaban J connectivity index is 2.28. The van der Waals surface area contributed by atoms with Gasteiger partial charge in [-0.25, -0.2) is 14.4 Å². The number of alkyl carbamates (subject to hydrolysis) is 2.